The largest absolute Gasteiger partial charge is 0.397 e. The number of hydrogen-bond acceptors (Lipinski definition) is 5. The zero-order valence-corrected chi connectivity index (χ0v) is 10.6. The molecule has 0 amide bonds. The van der Waals surface area contributed by atoms with Gasteiger partial charge in [-0.15, -0.1) is 0 Å². The van der Waals surface area contributed by atoms with Gasteiger partial charge < -0.3 is 11.1 Å². The van der Waals surface area contributed by atoms with Crippen LogP contribution in [0, 0.1) is 0 Å². The quantitative estimate of drug-likeness (QED) is 0.535. The van der Waals surface area contributed by atoms with E-state index in [0.29, 0.717) is 11.4 Å². The van der Waals surface area contributed by atoms with Gasteiger partial charge in [0.1, 0.15) is 0 Å². The van der Waals surface area contributed by atoms with Gasteiger partial charge in [0.05, 0.1) is 16.3 Å². The lowest BCUT2D eigenvalue weighted by molar-refractivity contribution is 0.598. The molecule has 0 unspecified atom stereocenters. The highest BCUT2D eigenvalue weighted by molar-refractivity contribution is 7.98. The van der Waals surface area contributed by atoms with E-state index in [0.717, 1.165) is 12.3 Å². The van der Waals surface area contributed by atoms with Gasteiger partial charge in [0, 0.05) is 12.3 Å². The molecule has 0 heterocycles. The maximum atomic E-state index is 11.1. The molecule has 0 aromatic heterocycles. The zero-order valence-electron chi connectivity index (χ0n) is 8.93. The minimum absolute atomic E-state index is 0.0633. The lowest BCUT2D eigenvalue weighted by atomic mass is 10.2. The highest BCUT2D eigenvalue weighted by Crippen LogP contribution is 2.21. The van der Waals surface area contributed by atoms with E-state index in [1.54, 1.807) is 11.8 Å². The van der Waals surface area contributed by atoms with Gasteiger partial charge in [0.25, 0.3) is 0 Å². The monoisotopic (exact) mass is 261 g/mol. The molecule has 16 heavy (non-hydrogen) atoms. The van der Waals surface area contributed by atoms with Crippen LogP contribution in [0.4, 0.5) is 11.4 Å². The van der Waals surface area contributed by atoms with Crippen LogP contribution < -0.4 is 16.2 Å². The third-order valence-electron chi connectivity index (χ3n) is 1.97. The molecule has 7 heteroatoms. The molecule has 5 N–H and O–H groups in total. The second kappa shape index (κ2) is 5.42. The molecule has 0 aliphatic rings. The fraction of sp³-hybridized carbons (Fsp3) is 0.333. The van der Waals surface area contributed by atoms with Gasteiger partial charge in [0.2, 0.25) is 10.0 Å². The lowest BCUT2D eigenvalue weighted by Gasteiger charge is -2.09. The van der Waals surface area contributed by atoms with Gasteiger partial charge in [-0.05, 0) is 24.5 Å². The summed E-state index contributed by atoms with van der Waals surface area (Å²) in [5, 5.41) is 8.09. The third-order valence-corrected chi connectivity index (χ3v) is 3.50. The van der Waals surface area contributed by atoms with E-state index < -0.39 is 10.0 Å². The Morgan fingerprint density at radius 1 is 1.44 bits per heavy atom. The number of thioether (sulfide) groups is 1. The molecule has 5 nitrogen and oxygen atoms in total. The fourth-order valence-corrected chi connectivity index (χ4v) is 2.00. The van der Waals surface area contributed by atoms with Crippen LogP contribution in [0.5, 0.6) is 0 Å². The van der Waals surface area contributed by atoms with Crippen LogP contribution in [-0.4, -0.2) is 27.0 Å². The molecular formula is C9H15N3O2S2. The van der Waals surface area contributed by atoms with Gasteiger partial charge in [-0.25, -0.2) is 13.6 Å². The summed E-state index contributed by atoms with van der Waals surface area (Å²) in [6.07, 6.45) is 1.99. The Morgan fingerprint density at radius 2 is 2.12 bits per heavy atom. The van der Waals surface area contributed by atoms with Crippen molar-refractivity contribution in [2.45, 2.75) is 4.90 Å². The van der Waals surface area contributed by atoms with Gasteiger partial charge >= 0.3 is 0 Å². The number of rotatable bonds is 5. The van der Waals surface area contributed by atoms with Gasteiger partial charge in [-0.3, -0.25) is 0 Å². The number of hydrogen-bond donors (Lipinski definition) is 3. The van der Waals surface area contributed by atoms with Crippen LogP contribution in [0.3, 0.4) is 0 Å². The first-order chi connectivity index (χ1) is 7.45. The highest BCUT2D eigenvalue weighted by Gasteiger charge is 2.09. The van der Waals surface area contributed by atoms with E-state index in [1.807, 2.05) is 6.26 Å². The van der Waals surface area contributed by atoms with Crippen molar-refractivity contribution < 1.29 is 8.42 Å². The van der Waals surface area contributed by atoms with Crippen LogP contribution in [-0.2, 0) is 10.0 Å². The predicted molar refractivity (Wildman–Crippen MR) is 69.1 cm³/mol. The molecule has 0 saturated carbocycles. The summed E-state index contributed by atoms with van der Waals surface area (Å²) >= 11 is 1.69. The first-order valence-electron chi connectivity index (χ1n) is 4.60. The molecule has 0 spiro atoms. The lowest BCUT2D eigenvalue weighted by Crippen LogP contribution is -2.13. The van der Waals surface area contributed by atoms with E-state index in [9.17, 15) is 8.42 Å². The molecule has 0 bridgehead atoms. The van der Waals surface area contributed by atoms with Crippen molar-refractivity contribution in [3.05, 3.63) is 18.2 Å². The van der Waals surface area contributed by atoms with Crippen molar-refractivity contribution in [2.24, 2.45) is 5.14 Å². The zero-order chi connectivity index (χ0) is 12.2. The van der Waals surface area contributed by atoms with Crippen molar-refractivity contribution in [1.82, 2.24) is 0 Å². The van der Waals surface area contributed by atoms with E-state index in [4.69, 9.17) is 10.9 Å². The van der Waals surface area contributed by atoms with E-state index in [1.165, 1.54) is 18.2 Å². The van der Waals surface area contributed by atoms with Crippen LogP contribution >= 0.6 is 11.8 Å². The number of nitrogen functional groups attached to an aromatic ring is 1. The fourth-order valence-electron chi connectivity index (χ4n) is 1.15. The second-order valence-corrected chi connectivity index (χ2v) is 5.76. The third kappa shape index (κ3) is 3.58. The van der Waals surface area contributed by atoms with Crippen LogP contribution in [0.15, 0.2) is 23.1 Å². The molecule has 90 valence electrons. The van der Waals surface area contributed by atoms with E-state index >= 15 is 0 Å². The van der Waals surface area contributed by atoms with Gasteiger partial charge in [-0.2, -0.15) is 11.8 Å². The number of nitrogens with one attached hydrogen (secondary N) is 1. The summed E-state index contributed by atoms with van der Waals surface area (Å²) in [5.74, 6) is 0.916. The Labute approximate surface area is 99.6 Å². The Bertz CT molecular complexity index is 460. The minimum atomic E-state index is -3.67. The minimum Gasteiger partial charge on any atom is -0.397 e. The average molecular weight is 261 g/mol. The van der Waals surface area contributed by atoms with Crippen molar-refractivity contribution >= 4 is 33.2 Å². The molecule has 0 fully saturated rings. The summed E-state index contributed by atoms with van der Waals surface area (Å²) in [4.78, 5) is 0.0633. The molecule has 1 rings (SSSR count). The molecule has 0 aliphatic heterocycles. The summed E-state index contributed by atoms with van der Waals surface area (Å²) in [6.45, 7) is 0.722. The summed E-state index contributed by atoms with van der Waals surface area (Å²) in [6, 6.07) is 4.37. The molecular weight excluding hydrogens is 246 g/mol. The van der Waals surface area contributed by atoms with Crippen molar-refractivity contribution in [3.63, 3.8) is 0 Å². The normalized spacial score (nSPS) is 11.4. The molecule has 0 radical (unpaired) electrons. The molecule has 0 aliphatic carbocycles. The summed E-state index contributed by atoms with van der Waals surface area (Å²) in [7, 11) is -3.67. The molecule has 1 aromatic carbocycles. The second-order valence-electron chi connectivity index (χ2n) is 3.21. The SMILES string of the molecule is CSCCNc1cc(S(N)(=O)=O)ccc1N. The summed E-state index contributed by atoms with van der Waals surface area (Å²) < 4.78 is 22.3. The number of anilines is 2. The molecule has 1 aromatic rings. The number of benzene rings is 1. The number of nitrogens with two attached hydrogens (primary N) is 2. The molecule has 0 saturated heterocycles. The van der Waals surface area contributed by atoms with Crippen molar-refractivity contribution in [1.29, 1.82) is 0 Å². The van der Waals surface area contributed by atoms with Crippen molar-refractivity contribution in [3.8, 4) is 0 Å². The smallest absolute Gasteiger partial charge is 0.238 e. The van der Waals surface area contributed by atoms with Gasteiger partial charge in [0.15, 0.2) is 0 Å². The van der Waals surface area contributed by atoms with Gasteiger partial charge in [-0.1, -0.05) is 0 Å². The van der Waals surface area contributed by atoms with Crippen LogP contribution in [0.2, 0.25) is 0 Å². The average Bonchev–Trinajstić information content (AvgIpc) is 2.19. The summed E-state index contributed by atoms with van der Waals surface area (Å²) in [5.41, 5.74) is 6.82. The van der Waals surface area contributed by atoms with Crippen LogP contribution in [0.25, 0.3) is 0 Å². The number of primary sulfonamides is 1. The maximum Gasteiger partial charge on any atom is 0.238 e. The maximum absolute atomic E-state index is 11.1. The number of sulfonamides is 1. The Morgan fingerprint density at radius 3 is 2.69 bits per heavy atom. The Kier molecular flexibility index (Phi) is 4.45. The highest BCUT2D eigenvalue weighted by atomic mass is 32.2. The van der Waals surface area contributed by atoms with Crippen LogP contribution in [0.1, 0.15) is 0 Å². The Hall–Kier alpha value is -0.920. The predicted octanol–water partition coefficient (Wildman–Crippen LogP) is 0.691. The standard InChI is InChI=1S/C9H15N3O2S2/c1-15-5-4-12-9-6-7(16(11,13)14)2-3-8(9)10/h2-3,6,12H,4-5,10H2,1H3,(H2,11,13,14). The Balaban J connectivity index is 2.91. The van der Waals surface area contributed by atoms with Crippen molar-refractivity contribution in [2.75, 3.05) is 29.6 Å². The first-order valence-corrected chi connectivity index (χ1v) is 7.54. The van der Waals surface area contributed by atoms with E-state index in [2.05, 4.69) is 5.32 Å². The topological polar surface area (TPSA) is 98.2 Å². The first kappa shape index (κ1) is 13.1. The van der Waals surface area contributed by atoms with E-state index in [-0.39, 0.29) is 4.90 Å². The molecule has 0 atom stereocenters.